The molecule has 0 heterocycles. The molecule has 0 N–H and O–H groups in total. The predicted octanol–water partition coefficient (Wildman–Crippen LogP) is -1.36. The molecule has 0 saturated heterocycles. The van der Waals surface area contributed by atoms with Gasteiger partial charge in [0.15, 0.2) is 0 Å². The van der Waals surface area contributed by atoms with Gasteiger partial charge in [-0.1, -0.05) is 18.2 Å². The van der Waals surface area contributed by atoms with Crippen molar-refractivity contribution in [3.63, 3.8) is 0 Å². The van der Waals surface area contributed by atoms with Crippen molar-refractivity contribution in [3.05, 3.63) is 37.6 Å². The summed E-state index contributed by atoms with van der Waals surface area (Å²) in [5, 5.41) is 11.5. The Balaban J connectivity index is 0. The Bertz CT molecular complexity index is 532. The van der Waals surface area contributed by atoms with Gasteiger partial charge in [0.25, 0.3) is 0 Å². The number of unbranched alkanes of at least 4 members (excludes halogenated alkanes) is 2. The summed E-state index contributed by atoms with van der Waals surface area (Å²) in [6, 6.07) is -1.71. The third-order valence-corrected chi connectivity index (χ3v) is 3.41. The van der Waals surface area contributed by atoms with Crippen LogP contribution in [-0.4, -0.2) is 34.7 Å². The van der Waals surface area contributed by atoms with Crippen LogP contribution in [0.15, 0.2) is 37.6 Å². The number of carboxylic acids is 1. The number of hydrogen-bond donors (Lipinski definition) is 0. The van der Waals surface area contributed by atoms with Crippen LogP contribution in [0.2, 0.25) is 0 Å². The first-order valence-electron chi connectivity index (χ1n) is 8.47. The van der Waals surface area contributed by atoms with E-state index in [0.717, 1.165) is 6.26 Å². The van der Waals surface area contributed by atoms with Crippen molar-refractivity contribution in [3.8, 4) is 0 Å². The molecule has 0 radical (unpaired) electrons. The van der Waals surface area contributed by atoms with Gasteiger partial charge in [-0.25, -0.2) is 0 Å². The average Bonchev–Trinajstić information content (AvgIpc) is 2.59. The van der Waals surface area contributed by atoms with Crippen molar-refractivity contribution in [2.24, 2.45) is 0 Å². The number of ether oxygens (including phenoxy) is 1. The molecule has 0 saturated carbocycles. The van der Waals surface area contributed by atoms with Crippen LogP contribution in [0, 0.1) is 0 Å². The Morgan fingerprint density at radius 3 is 1.89 bits per heavy atom. The zero-order valence-electron chi connectivity index (χ0n) is 16.1. The molecule has 8 heteroatoms. The normalized spacial score (nSPS) is 11.1. The van der Waals surface area contributed by atoms with Crippen LogP contribution in [0.25, 0.3) is 0 Å². The Morgan fingerprint density at radius 2 is 1.52 bits per heavy atom. The first-order chi connectivity index (χ1) is 12.4. The van der Waals surface area contributed by atoms with E-state index >= 15 is 0 Å². The van der Waals surface area contributed by atoms with E-state index in [1.54, 1.807) is 19.1 Å². The van der Waals surface area contributed by atoms with Gasteiger partial charge in [-0.3, -0.25) is 19.3 Å². The summed E-state index contributed by atoms with van der Waals surface area (Å²) in [5.41, 5.74) is 0. The molecule has 0 aliphatic rings. The fourth-order valence-corrected chi connectivity index (χ4v) is 2.15. The molecular formula is C19H26NNaO6. The SMILES string of the molecule is C=CCCCC(=O)N(C(=O)CCCC=C)C(CC(=O)O/C=C/C)C(=O)[O-].[Na+]. The molecule has 0 aromatic carbocycles. The van der Waals surface area contributed by atoms with Gasteiger partial charge in [-0.05, 0) is 32.6 Å². The maximum absolute atomic E-state index is 12.4. The molecule has 0 aromatic rings. The van der Waals surface area contributed by atoms with Gasteiger partial charge in [-0.15, -0.1) is 13.2 Å². The summed E-state index contributed by atoms with van der Waals surface area (Å²) in [6.07, 6.45) is 6.97. The molecule has 7 nitrogen and oxygen atoms in total. The van der Waals surface area contributed by atoms with Gasteiger partial charge in [0.05, 0.1) is 24.7 Å². The van der Waals surface area contributed by atoms with E-state index in [9.17, 15) is 24.3 Å². The zero-order chi connectivity index (χ0) is 19.9. The summed E-state index contributed by atoms with van der Waals surface area (Å²) in [5.74, 6) is -3.89. The monoisotopic (exact) mass is 387 g/mol. The smallest absolute Gasteiger partial charge is 0.548 e. The largest absolute Gasteiger partial charge is 1.00 e. The third kappa shape index (κ3) is 11.6. The predicted molar refractivity (Wildman–Crippen MR) is 94.3 cm³/mol. The minimum atomic E-state index is -1.71. The summed E-state index contributed by atoms with van der Waals surface area (Å²) in [7, 11) is 0. The van der Waals surface area contributed by atoms with Crippen LogP contribution in [0.4, 0.5) is 0 Å². The van der Waals surface area contributed by atoms with E-state index in [1.807, 2.05) is 0 Å². The van der Waals surface area contributed by atoms with Crippen LogP contribution >= 0.6 is 0 Å². The van der Waals surface area contributed by atoms with E-state index in [4.69, 9.17) is 4.74 Å². The molecule has 0 fully saturated rings. The Labute approximate surface area is 182 Å². The number of nitrogens with zero attached hydrogens (tertiary/aromatic N) is 1. The summed E-state index contributed by atoms with van der Waals surface area (Å²) >= 11 is 0. The number of amides is 2. The summed E-state index contributed by atoms with van der Waals surface area (Å²) in [6.45, 7) is 8.70. The van der Waals surface area contributed by atoms with Gasteiger partial charge in [0.1, 0.15) is 0 Å². The van der Waals surface area contributed by atoms with Crippen LogP contribution in [0.3, 0.4) is 0 Å². The summed E-state index contributed by atoms with van der Waals surface area (Å²) < 4.78 is 4.69. The van der Waals surface area contributed by atoms with E-state index in [2.05, 4.69) is 13.2 Å². The molecule has 0 bridgehead atoms. The van der Waals surface area contributed by atoms with Crippen LogP contribution in [0.1, 0.15) is 51.9 Å². The number of carbonyl (C=O) groups is 4. The molecule has 0 aliphatic carbocycles. The van der Waals surface area contributed by atoms with Crippen molar-refractivity contribution in [2.75, 3.05) is 0 Å². The number of esters is 1. The van der Waals surface area contributed by atoms with Gasteiger partial charge in [0, 0.05) is 12.8 Å². The van der Waals surface area contributed by atoms with Gasteiger partial charge in [0.2, 0.25) is 11.8 Å². The minimum absolute atomic E-state index is 0. The Hall–Kier alpha value is -1.70. The molecular weight excluding hydrogens is 361 g/mol. The number of carbonyl (C=O) groups excluding carboxylic acids is 4. The number of allylic oxidation sites excluding steroid dienone is 3. The van der Waals surface area contributed by atoms with E-state index in [-0.39, 0.29) is 42.4 Å². The fraction of sp³-hybridized carbons (Fsp3) is 0.474. The van der Waals surface area contributed by atoms with Crippen molar-refractivity contribution in [1.29, 1.82) is 0 Å². The second-order valence-corrected chi connectivity index (χ2v) is 5.52. The summed E-state index contributed by atoms with van der Waals surface area (Å²) in [4.78, 5) is 48.7. The third-order valence-electron chi connectivity index (χ3n) is 3.41. The van der Waals surface area contributed by atoms with Crippen molar-refractivity contribution < 1.29 is 58.6 Å². The molecule has 0 aromatic heterocycles. The van der Waals surface area contributed by atoms with E-state index in [1.165, 1.54) is 6.08 Å². The van der Waals surface area contributed by atoms with Crippen LogP contribution in [0.5, 0.6) is 0 Å². The van der Waals surface area contributed by atoms with Crippen molar-refractivity contribution in [2.45, 2.75) is 57.9 Å². The van der Waals surface area contributed by atoms with Gasteiger partial charge >= 0.3 is 35.5 Å². The van der Waals surface area contributed by atoms with Gasteiger partial charge < -0.3 is 14.6 Å². The Morgan fingerprint density at radius 1 is 1.04 bits per heavy atom. The van der Waals surface area contributed by atoms with E-state index < -0.39 is 36.2 Å². The first kappa shape index (κ1) is 27.5. The molecule has 144 valence electrons. The molecule has 1 atom stereocenters. The van der Waals surface area contributed by atoms with Crippen LogP contribution < -0.4 is 34.7 Å². The molecule has 0 spiro atoms. The maximum atomic E-state index is 12.4. The topological polar surface area (TPSA) is 104 Å². The zero-order valence-corrected chi connectivity index (χ0v) is 18.1. The number of rotatable bonds is 13. The molecule has 1 unspecified atom stereocenters. The van der Waals surface area contributed by atoms with Crippen molar-refractivity contribution in [1.82, 2.24) is 4.90 Å². The standard InChI is InChI=1S/C19H27NO6.Na/c1-4-7-9-11-16(21)20(17(22)12-10-8-5-2)15(19(24)25)14-18(23)26-13-6-3;/h4-6,13,15H,1-2,7-12,14H2,3H3,(H,24,25);/q;+1/p-1/b13-6+;. The van der Waals surface area contributed by atoms with Gasteiger partial charge in [-0.2, -0.15) is 0 Å². The molecule has 2 amide bonds. The fourth-order valence-electron chi connectivity index (χ4n) is 2.15. The minimum Gasteiger partial charge on any atom is -0.548 e. The van der Waals surface area contributed by atoms with E-state index in [0.29, 0.717) is 30.6 Å². The second kappa shape index (κ2) is 16.5. The number of imide groups is 1. The average molecular weight is 387 g/mol. The number of carboxylic acid groups (broad SMARTS) is 1. The molecule has 0 rings (SSSR count). The number of hydrogen-bond acceptors (Lipinski definition) is 6. The quantitative estimate of drug-likeness (QED) is 0.127. The molecule has 27 heavy (non-hydrogen) atoms. The Kier molecular flexibility index (Phi) is 16.8. The van der Waals surface area contributed by atoms with Crippen LogP contribution in [-0.2, 0) is 23.9 Å². The number of aliphatic carboxylic acids is 1. The first-order valence-corrected chi connectivity index (χ1v) is 8.47. The molecule has 0 aliphatic heterocycles. The van der Waals surface area contributed by atoms with Crippen molar-refractivity contribution >= 4 is 23.8 Å². The second-order valence-electron chi connectivity index (χ2n) is 5.52. The maximum Gasteiger partial charge on any atom is 1.00 e.